The summed E-state index contributed by atoms with van der Waals surface area (Å²) in [6.07, 6.45) is 1.38. The third-order valence-corrected chi connectivity index (χ3v) is 5.38. The standard InChI is InChI=1S/C12H16N2O6S/c15-8-9-2-1-5-13(7-9)21(19,20)10-3-4-12(16)11(6-10)14(17)18/h3-4,6,9,15-16H,1-2,5,7-8H2. The number of nitrogens with zero attached hydrogens (tertiary/aromatic N) is 2. The number of phenols is 1. The van der Waals surface area contributed by atoms with E-state index in [0.717, 1.165) is 24.6 Å². The van der Waals surface area contributed by atoms with Gasteiger partial charge in [-0.15, -0.1) is 0 Å². The van der Waals surface area contributed by atoms with E-state index in [1.54, 1.807) is 0 Å². The number of hydrogen-bond acceptors (Lipinski definition) is 6. The van der Waals surface area contributed by atoms with E-state index in [1.165, 1.54) is 4.31 Å². The first-order valence-corrected chi connectivity index (χ1v) is 7.88. The molecule has 0 aromatic heterocycles. The summed E-state index contributed by atoms with van der Waals surface area (Å²) >= 11 is 0. The van der Waals surface area contributed by atoms with Gasteiger partial charge in [-0.3, -0.25) is 10.1 Å². The predicted molar refractivity (Wildman–Crippen MR) is 73.3 cm³/mol. The zero-order valence-corrected chi connectivity index (χ0v) is 12.0. The summed E-state index contributed by atoms with van der Waals surface area (Å²) in [6, 6.07) is 2.99. The average Bonchev–Trinajstić information content (AvgIpc) is 2.47. The van der Waals surface area contributed by atoms with Gasteiger partial charge in [0.1, 0.15) is 0 Å². The van der Waals surface area contributed by atoms with Crippen LogP contribution in [-0.4, -0.2) is 47.6 Å². The van der Waals surface area contributed by atoms with E-state index in [4.69, 9.17) is 5.11 Å². The number of rotatable bonds is 4. The first kappa shape index (κ1) is 15.7. The second kappa shape index (κ2) is 5.96. The molecule has 1 heterocycles. The summed E-state index contributed by atoms with van der Waals surface area (Å²) in [7, 11) is -3.87. The zero-order chi connectivity index (χ0) is 15.6. The lowest BCUT2D eigenvalue weighted by Gasteiger charge is -2.30. The fraction of sp³-hybridized carbons (Fsp3) is 0.500. The Kier molecular flexibility index (Phi) is 4.45. The van der Waals surface area contributed by atoms with Gasteiger partial charge in [0, 0.05) is 25.8 Å². The van der Waals surface area contributed by atoms with E-state index in [2.05, 4.69) is 0 Å². The fourth-order valence-electron chi connectivity index (χ4n) is 2.35. The largest absolute Gasteiger partial charge is 0.502 e. The van der Waals surface area contributed by atoms with Gasteiger partial charge in [-0.2, -0.15) is 4.31 Å². The smallest absolute Gasteiger partial charge is 0.312 e. The van der Waals surface area contributed by atoms with Gasteiger partial charge in [-0.25, -0.2) is 8.42 Å². The Hall–Kier alpha value is -1.71. The van der Waals surface area contributed by atoms with Gasteiger partial charge in [0.15, 0.2) is 5.75 Å². The van der Waals surface area contributed by atoms with Gasteiger partial charge in [0.25, 0.3) is 0 Å². The van der Waals surface area contributed by atoms with Gasteiger partial charge in [0.2, 0.25) is 10.0 Å². The molecule has 1 aliphatic heterocycles. The fourth-order valence-corrected chi connectivity index (χ4v) is 3.93. The molecular formula is C12H16N2O6S. The van der Waals surface area contributed by atoms with E-state index < -0.39 is 26.4 Å². The van der Waals surface area contributed by atoms with Gasteiger partial charge in [-0.1, -0.05) is 0 Å². The van der Waals surface area contributed by atoms with Crippen LogP contribution in [0.25, 0.3) is 0 Å². The Balaban J connectivity index is 2.35. The highest BCUT2D eigenvalue weighted by Crippen LogP contribution is 2.31. The molecule has 0 aliphatic carbocycles. The molecule has 1 atom stereocenters. The molecule has 116 valence electrons. The second-order valence-electron chi connectivity index (χ2n) is 4.96. The summed E-state index contributed by atoms with van der Waals surface area (Å²) in [4.78, 5) is 9.72. The van der Waals surface area contributed by atoms with Gasteiger partial charge < -0.3 is 10.2 Å². The highest BCUT2D eigenvalue weighted by Gasteiger charge is 2.31. The molecule has 8 nitrogen and oxygen atoms in total. The van der Waals surface area contributed by atoms with Gasteiger partial charge in [0.05, 0.1) is 9.82 Å². The third kappa shape index (κ3) is 3.14. The van der Waals surface area contributed by atoms with Crippen LogP contribution in [0.1, 0.15) is 12.8 Å². The molecular weight excluding hydrogens is 300 g/mol. The minimum Gasteiger partial charge on any atom is -0.502 e. The topological polar surface area (TPSA) is 121 Å². The molecule has 2 rings (SSSR count). The molecule has 0 radical (unpaired) electrons. The molecule has 2 N–H and O–H groups in total. The van der Waals surface area contributed by atoms with Crippen molar-refractivity contribution in [2.24, 2.45) is 5.92 Å². The molecule has 21 heavy (non-hydrogen) atoms. The molecule has 0 bridgehead atoms. The second-order valence-corrected chi connectivity index (χ2v) is 6.90. The number of hydrogen-bond donors (Lipinski definition) is 2. The van der Waals surface area contributed by atoms with E-state index >= 15 is 0 Å². The van der Waals surface area contributed by atoms with Crippen molar-refractivity contribution in [3.63, 3.8) is 0 Å². The maximum atomic E-state index is 12.5. The summed E-state index contributed by atoms with van der Waals surface area (Å²) in [5.74, 6) is -0.702. The number of nitro benzene ring substituents is 1. The third-order valence-electron chi connectivity index (χ3n) is 3.52. The number of aliphatic hydroxyl groups excluding tert-OH is 1. The minimum absolute atomic E-state index is 0.0955. The Labute approximate surface area is 121 Å². The Morgan fingerprint density at radius 1 is 1.43 bits per heavy atom. The lowest BCUT2D eigenvalue weighted by molar-refractivity contribution is -0.386. The first-order valence-electron chi connectivity index (χ1n) is 6.44. The first-order chi connectivity index (χ1) is 9.86. The molecule has 0 amide bonds. The molecule has 0 saturated carbocycles. The summed E-state index contributed by atoms with van der Waals surface area (Å²) < 4.78 is 26.2. The summed E-state index contributed by atoms with van der Waals surface area (Å²) in [6.45, 7) is 0.406. The van der Waals surface area contributed by atoms with Gasteiger partial charge >= 0.3 is 5.69 Å². The Morgan fingerprint density at radius 3 is 2.76 bits per heavy atom. The molecule has 1 aromatic rings. The molecule has 1 aromatic carbocycles. The van der Waals surface area contributed by atoms with Crippen molar-refractivity contribution in [1.82, 2.24) is 4.31 Å². The van der Waals surface area contributed by atoms with Crippen LogP contribution in [0.15, 0.2) is 23.1 Å². The van der Waals surface area contributed by atoms with Crippen molar-refractivity contribution >= 4 is 15.7 Å². The molecule has 1 aliphatic rings. The lowest BCUT2D eigenvalue weighted by atomic mass is 10.0. The molecule has 9 heteroatoms. The van der Waals surface area contributed by atoms with E-state index in [0.29, 0.717) is 13.0 Å². The average molecular weight is 316 g/mol. The van der Waals surface area contributed by atoms with Crippen molar-refractivity contribution in [3.05, 3.63) is 28.3 Å². The lowest BCUT2D eigenvalue weighted by Crippen LogP contribution is -2.40. The molecule has 1 saturated heterocycles. The van der Waals surface area contributed by atoms with Crippen molar-refractivity contribution in [1.29, 1.82) is 0 Å². The maximum absolute atomic E-state index is 12.5. The van der Waals surface area contributed by atoms with Crippen LogP contribution in [0, 0.1) is 16.0 Å². The van der Waals surface area contributed by atoms with Crippen LogP contribution in [0.3, 0.4) is 0 Å². The number of aliphatic hydroxyl groups is 1. The highest BCUT2D eigenvalue weighted by molar-refractivity contribution is 7.89. The van der Waals surface area contributed by atoms with Crippen molar-refractivity contribution in [2.75, 3.05) is 19.7 Å². The van der Waals surface area contributed by atoms with Crippen molar-refractivity contribution in [3.8, 4) is 5.75 Å². The molecule has 1 unspecified atom stereocenters. The van der Waals surface area contributed by atoms with Crippen LogP contribution in [0.5, 0.6) is 5.75 Å². The van der Waals surface area contributed by atoms with Crippen LogP contribution in [0.4, 0.5) is 5.69 Å². The SMILES string of the molecule is O=[N+]([O-])c1cc(S(=O)(=O)N2CCCC(CO)C2)ccc1O. The normalized spacial score (nSPS) is 20.3. The zero-order valence-electron chi connectivity index (χ0n) is 11.2. The maximum Gasteiger partial charge on any atom is 0.312 e. The van der Waals surface area contributed by atoms with E-state index in [1.807, 2.05) is 0 Å². The number of sulfonamides is 1. The summed E-state index contributed by atoms with van der Waals surface area (Å²) in [5, 5.41) is 29.3. The molecule has 0 spiro atoms. The minimum atomic E-state index is -3.87. The summed E-state index contributed by atoms with van der Waals surface area (Å²) in [5.41, 5.74) is -0.646. The van der Waals surface area contributed by atoms with Crippen LogP contribution < -0.4 is 0 Å². The van der Waals surface area contributed by atoms with Crippen molar-refractivity contribution < 1.29 is 23.6 Å². The number of benzene rings is 1. The number of phenolic OH excluding ortho intramolecular Hbond substituents is 1. The van der Waals surface area contributed by atoms with Gasteiger partial charge in [-0.05, 0) is 30.9 Å². The quantitative estimate of drug-likeness (QED) is 0.623. The van der Waals surface area contributed by atoms with Crippen LogP contribution >= 0.6 is 0 Å². The predicted octanol–water partition coefficient (Wildman–Crippen LogP) is 0.693. The monoisotopic (exact) mass is 316 g/mol. The number of aromatic hydroxyl groups is 1. The Morgan fingerprint density at radius 2 is 2.14 bits per heavy atom. The Bertz CT molecular complexity index is 645. The molecule has 1 fully saturated rings. The highest BCUT2D eigenvalue weighted by atomic mass is 32.2. The van der Waals surface area contributed by atoms with Crippen LogP contribution in [0.2, 0.25) is 0 Å². The van der Waals surface area contributed by atoms with Crippen molar-refractivity contribution in [2.45, 2.75) is 17.7 Å². The van der Waals surface area contributed by atoms with E-state index in [-0.39, 0.29) is 24.0 Å². The van der Waals surface area contributed by atoms with E-state index in [9.17, 15) is 23.6 Å². The number of piperidine rings is 1. The van der Waals surface area contributed by atoms with Crippen LogP contribution in [-0.2, 0) is 10.0 Å². The number of nitro groups is 1.